The number of aryl methyl sites for hydroxylation is 1. The summed E-state index contributed by atoms with van der Waals surface area (Å²) in [5.74, 6) is 2.23. The van der Waals surface area contributed by atoms with E-state index in [1.807, 2.05) is 23.9 Å². The number of piperazine rings is 1. The maximum atomic E-state index is 5.43. The van der Waals surface area contributed by atoms with Gasteiger partial charge in [-0.1, -0.05) is 0 Å². The Labute approximate surface area is 143 Å². The molecule has 128 valence electrons. The van der Waals surface area contributed by atoms with Crippen LogP contribution in [-0.4, -0.2) is 67.5 Å². The molecule has 0 amide bonds. The molecule has 9 heteroatoms. The maximum absolute atomic E-state index is 5.43. The van der Waals surface area contributed by atoms with Gasteiger partial charge in [0, 0.05) is 33.2 Å². The second kappa shape index (κ2) is 5.28. The van der Waals surface area contributed by atoms with Crippen molar-refractivity contribution in [2.24, 2.45) is 7.05 Å². The standard InChI is InChI=1S/C16H18N8O/c1-21-5-7-23(8-6-21)16-12-14(19-22(16)2)17-10-24-15(12)18-13(20-24)11-4-3-9-25-11/h3-4,9-10H,5-8H2,1-2H3. The molecule has 1 aliphatic heterocycles. The first-order chi connectivity index (χ1) is 12.2. The molecule has 1 aliphatic rings. The van der Waals surface area contributed by atoms with Crippen LogP contribution in [0, 0.1) is 0 Å². The molecule has 4 aromatic heterocycles. The highest BCUT2D eigenvalue weighted by Gasteiger charge is 2.24. The minimum atomic E-state index is 0.549. The molecule has 0 N–H and O–H groups in total. The van der Waals surface area contributed by atoms with Crippen molar-refractivity contribution in [1.82, 2.24) is 34.3 Å². The zero-order valence-electron chi connectivity index (χ0n) is 14.1. The second-order valence-electron chi connectivity index (χ2n) is 6.36. The van der Waals surface area contributed by atoms with E-state index in [2.05, 4.69) is 32.0 Å². The maximum Gasteiger partial charge on any atom is 0.217 e. The quantitative estimate of drug-likeness (QED) is 0.540. The van der Waals surface area contributed by atoms with E-state index >= 15 is 0 Å². The van der Waals surface area contributed by atoms with Crippen LogP contribution in [0.2, 0.25) is 0 Å². The molecule has 1 saturated heterocycles. The van der Waals surface area contributed by atoms with Crippen molar-refractivity contribution in [1.29, 1.82) is 0 Å². The molecule has 5 rings (SSSR count). The number of furan rings is 1. The summed E-state index contributed by atoms with van der Waals surface area (Å²) in [6, 6.07) is 3.68. The molecule has 0 saturated carbocycles. The number of hydrogen-bond acceptors (Lipinski definition) is 7. The lowest BCUT2D eigenvalue weighted by atomic mass is 10.3. The average Bonchev–Trinajstić information content (AvgIpc) is 3.32. The smallest absolute Gasteiger partial charge is 0.217 e. The highest BCUT2D eigenvalue weighted by atomic mass is 16.3. The minimum absolute atomic E-state index is 0.549. The zero-order valence-corrected chi connectivity index (χ0v) is 14.1. The fourth-order valence-corrected chi connectivity index (χ4v) is 3.37. The molecule has 4 aromatic rings. The van der Waals surface area contributed by atoms with Gasteiger partial charge in [0.25, 0.3) is 0 Å². The zero-order chi connectivity index (χ0) is 17.0. The van der Waals surface area contributed by atoms with Gasteiger partial charge in [-0.25, -0.2) is 19.2 Å². The summed E-state index contributed by atoms with van der Waals surface area (Å²) in [7, 11) is 4.10. The van der Waals surface area contributed by atoms with Gasteiger partial charge in [0.05, 0.1) is 6.26 Å². The summed E-state index contributed by atoms with van der Waals surface area (Å²) in [6.45, 7) is 3.94. The monoisotopic (exact) mass is 338 g/mol. The van der Waals surface area contributed by atoms with Gasteiger partial charge in [-0.2, -0.15) is 5.10 Å². The van der Waals surface area contributed by atoms with Crippen molar-refractivity contribution in [2.45, 2.75) is 0 Å². The van der Waals surface area contributed by atoms with Crippen LogP contribution < -0.4 is 4.90 Å². The Morgan fingerprint density at radius 2 is 1.92 bits per heavy atom. The van der Waals surface area contributed by atoms with Gasteiger partial charge in [0.2, 0.25) is 5.82 Å². The number of hydrogen-bond donors (Lipinski definition) is 0. The molecule has 0 spiro atoms. The van der Waals surface area contributed by atoms with Crippen LogP contribution in [-0.2, 0) is 7.05 Å². The van der Waals surface area contributed by atoms with E-state index < -0.39 is 0 Å². The molecule has 0 radical (unpaired) electrons. The molecule has 1 fully saturated rings. The Morgan fingerprint density at radius 1 is 1.08 bits per heavy atom. The Hall–Kier alpha value is -2.94. The Morgan fingerprint density at radius 3 is 2.68 bits per heavy atom. The molecule has 0 atom stereocenters. The Bertz CT molecular complexity index is 1040. The van der Waals surface area contributed by atoms with E-state index in [1.54, 1.807) is 17.1 Å². The molecule has 0 aromatic carbocycles. The molecule has 25 heavy (non-hydrogen) atoms. The number of fused-ring (bicyclic) bond motifs is 3. The van der Waals surface area contributed by atoms with Crippen LogP contribution in [0.15, 0.2) is 29.1 Å². The van der Waals surface area contributed by atoms with Crippen LogP contribution in [0.4, 0.5) is 5.82 Å². The van der Waals surface area contributed by atoms with Crippen LogP contribution in [0.3, 0.4) is 0 Å². The molecule has 0 unspecified atom stereocenters. The third kappa shape index (κ3) is 2.19. The van der Waals surface area contributed by atoms with E-state index in [0.717, 1.165) is 43.0 Å². The predicted molar refractivity (Wildman–Crippen MR) is 92.5 cm³/mol. The number of nitrogens with zero attached hydrogens (tertiary/aromatic N) is 8. The topological polar surface area (TPSA) is 80.5 Å². The molecule has 9 nitrogen and oxygen atoms in total. The van der Waals surface area contributed by atoms with E-state index in [9.17, 15) is 0 Å². The second-order valence-corrected chi connectivity index (χ2v) is 6.36. The van der Waals surface area contributed by atoms with Gasteiger partial charge < -0.3 is 14.2 Å². The van der Waals surface area contributed by atoms with Crippen molar-refractivity contribution in [2.75, 3.05) is 38.1 Å². The van der Waals surface area contributed by atoms with E-state index in [1.165, 1.54) is 0 Å². The van der Waals surface area contributed by atoms with E-state index in [-0.39, 0.29) is 0 Å². The molecule has 0 aliphatic carbocycles. The Kier molecular flexibility index (Phi) is 3.04. The SMILES string of the molecule is CN1CCN(c2c3c(ncn4nc(-c5ccco5)nc34)nn2C)CC1. The van der Waals surface area contributed by atoms with Gasteiger partial charge in [-0.05, 0) is 19.2 Å². The van der Waals surface area contributed by atoms with Crippen LogP contribution in [0.5, 0.6) is 0 Å². The van der Waals surface area contributed by atoms with Crippen molar-refractivity contribution in [3.8, 4) is 11.6 Å². The summed E-state index contributed by atoms with van der Waals surface area (Å²) >= 11 is 0. The third-order valence-electron chi connectivity index (χ3n) is 4.69. The lowest BCUT2D eigenvalue weighted by molar-refractivity contribution is 0.311. The first kappa shape index (κ1) is 14.4. The van der Waals surface area contributed by atoms with Gasteiger partial charge in [0.15, 0.2) is 17.1 Å². The number of anilines is 1. The van der Waals surface area contributed by atoms with E-state index in [4.69, 9.17) is 9.40 Å². The molecular formula is C16H18N8O. The first-order valence-corrected chi connectivity index (χ1v) is 8.26. The summed E-state index contributed by atoms with van der Waals surface area (Å²) in [5.41, 5.74) is 1.43. The van der Waals surface area contributed by atoms with Gasteiger partial charge in [0.1, 0.15) is 17.5 Å². The number of rotatable bonds is 2. The van der Waals surface area contributed by atoms with Crippen LogP contribution >= 0.6 is 0 Å². The van der Waals surface area contributed by atoms with Crippen LogP contribution in [0.25, 0.3) is 28.3 Å². The molecular weight excluding hydrogens is 320 g/mol. The molecule has 5 heterocycles. The lowest BCUT2D eigenvalue weighted by Crippen LogP contribution is -2.45. The van der Waals surface area contributed by atoms with Gasteiger partial charge >= 0.3 is 0 Å². The van der Waals surface area contributed by atoms with Crippen molar-refractivity contribution >= 4 is 22.5 Å². The van der Waals surface area contributed by atoms with Crippen LogP contribution in [0.1, 0.15) is 0 Å². The summed E-state index contributed by atoms with van der Waals surface area (Å²) in [5, 5.41) is 10.0. The van der Waals surface area contributed by atoms with E-state index in [0.29, 0.717) is 17.2 Å². The average molecular weight is 338 g/mol. The number of aromatic nitrogens is 6. The normalized spacial score (nSPS) is 16.3. The van der Waals surface area contributed by atoms with Crippen molar-refractivity contribution in [3.05, 3.63) is 24.7 Å². The largest absolute Gasteiger partial charge is 0.461 e. The van der Waals surface area contributed by atoms with Crippen molar-refractivity contribution in [3.63, 3.8) is 0 Å². The summed E-state index contributed by atoms with van der Waals surface area (Å²) in [4.78, 5) is 13.8. The predicted octanol–water partition coefficient (Wildman–Crippen LogP) is 1.02. The summed E-state index contributed by atoms with van der Waals surface area (Å²) < 4.78 is 9.02. The lowest BCUT2D eigenvalue weighted by Gasteiger charge is -2.33. The van der Waals surface area contributed by atoms with Crippen molar-refractivity contribution < 1.29 is 4.42 Å². The number of likely N-dealkylation sites (N-methyl/N-ethyl adjacent to an activating group) is 1. The molecule has 0 bridgehead atoms. The highest BCUT2D eigenvalue weighted by Crippen LogP contribution is 2.30. The van der Waals surface area contributed by atoms with Gasteiger partial charge in [-0.15, -0.1) is 5.10 Å². The third-order valence-corrected chi connectivity index (χ3v) is 4.69. The summed E-state index contributed by atoms with van der Waals surface area (Å²) in [6.07, 6.45) is 3.27. The fraction of sp³-hybridized carbons (Fsp3) is 0.375. The van der Waals surface area contributed by atoms with Gasteiger partial charge in [-0.3, -0.25) is 0 Å². The Balaban J connectivity index is 1.71. The fourth-order valence-electron chi connectivity index (χ4n) is 3.37. The highest BCUT2D eigenvalue weighted by molar-refractivity contribution is 5.99. The first-order valence-electron chi connectivity index (χ1n) is 8.26. The minimum Gasteiger partial charge on any atom is -0.461 e.